The minimum atomic E-state index is -0.436. The second-order valence-corrected chi connectivity index (χ2v) is 3.74. The highest BCUT2D eigenvalue weighted by molar-refractivity contribution is 5.52. The summed E-state index contributed by atoms with van der Waals surface area (Å²) in [6.45, 7) is 0.178. The Kier molecular flexibility index (Phi) is 3.44. The molecule has 0 bridgehead atoms. The number of hydrogen-bond donors (Lipinski definition) is 1. The number of nitrogens with two attached hydrogens (primary N) is 1. The van der Waals surface area contributed by atoms with Crippen LogP contribution in [0.5, 0.6) is 5.75 Å². The Balaban J connectivity index is 2.16. The highest BCUT2D eigenvalue weighted by Gasteiger charge is 2.05. The summed E-state index contributed by atoms with van der Waals surface area (Å²) in [5.41, 5.74) is 7.15. The van der Waals surface area contributed by atoms with Gasteiger partial charge < -0.3 is 10.5 Å². The molecule has 2 N–H and O–H groups in total. The molecule has 0 saturated carbocycles. The van der Waals surface area contributed by atoms with Crippen LogP contribution in [-0.2, 0) is 6.61 Å². The summed E-state index contributed by atoms with van der Waals surface area (Å²) in [5.74, 6) is 0.111. The Bertz CT molecular complexity index is 605. The van der Waals surface area contributed by atoms with E-state index in [9.17, 15) is 4.39 Å². The number of nitrogen functional groups attached to an aromatic ring is 1. The van der Waals surface area contributed by atoms with Crippen LogP contribution in [0.1, 0.15) is 11.1 Å². The van der Waals surface area contributed by atoms with Gasteiger partial charge in [-0.2, -0.15) is 5.26 Å². The molecule has 0 aliphatic carbocycles. The smallest absolute Gasteiger partial charge is 0.142 e. The number of hydrogen-bond acceptors (Lipinski definition) is 3. The van der Waals surface area contributed by atoms with Crippen LogP contribution in [0.25, 0.3) is 0 Å². The molecule has 90 valence electrons. The molecule has 2 aromatic rings. The lowest BCUT2D eigenvalue weighted by Crippen LogP contribution is -2.01. The van der Waals surface area contributed by atoms with Gasteiger partial charge in [-0.3, -0.25) is 0 Å². The maximum absolute atomic E-state index is 12.9. The Morgan fingerprint density at radius 2 is 2.00 bits per heavy atom. The molecule has 2 aromatic carbocycles. The number of ether oxygens (including phenoxy) is 1. The van der Waals surface area contributed by atoms with Crippen molar-refractivity contribution in [3.8, 4) is 11.8 Å². The quantitative estimate of drug-likeness (QED) is 0.842. The summed E-state index contributed by atoms with van der Waals surface area (Å²) in [6, 6.07) is 13.0. The van der Waals surface area contributed by atoms with Gasteiger partial charge >= 0.3 is 0 Å². The van der Waals surface area contributed by atoms with E-state index in [1.165, 1.54) is 18.2 Å². The molecule has 0 amide bonds. The van der Waals surface area contributed by atoms with Crippen LogP contribution in [-0.4, -0.2) is 0 Å². The molecular weight excluding hydrogens is 231 g/mol. The third kappa shape index (κ3) is 2.58. The van der Waals surface area contributed by atoms with Gasteiger partial charge in [0, 0.05) is 5.56 Å². The lowest BCUT2D eigenvalue weighted by molar-refractivity contribution is 0.307. The van der Waals surface area contributed by atoms with Crippen LogP contribution in [0.15, 0.2) is 42.5 Å². The van der Waals surface area contributed by atoms with Gasteiger partial charge in [0.2, 0.25) is 0 Å². The molecule has 3 nitrogen and oxygen atoms in total. The van der Waals surface area contributed by atoms with Gasteiger partial charge in [0.1, 0.15) is 18.2 Å². The predicted molar refractivity (Wildman–Crippen MR) is 66.3 cm³/mol. The fourth-order valence-corrected chi connectivity index (χ4v) is 1.55. The molecule has 0 radical (unpaired) electrons. The second-order valence-electron chi connectivity index (χ2n) is 3.74. The first kappa shape index (κ1) is 11.9. The molecule has 0 aliphatic heterocycles. The Morgan fingerprint density at radius 3 is 2.72 bits per heavy atom. The molecule has 0 saturated heterocycles. The van der Waals surface area contributed by atoms with Crippen molar-refractivity contribution >= 4 is 5.69 Å². The highest BCUT2D eigenvalue weighted by Crippen LogP contribution is 2.22. The molecule has 18 heavy (non-hydrogen) atoms. The van der Waals surface area contributed by atoms with E-state index in [1.807, 2.05) is 12.1 Å². The van der Waals surface area contributed by atoms with Crippen molar-refractivity contribution in [2.75, 3.05) is 5.73 Å². The van der Waals surface area contributed by atoms with Gasteiger partial charge in [-0.05, 0) is 24.3 Å². The van der Waals surface area contributed by atoms with Crippen LogP contribution < -0.4 is 10.5 Å². The van der Waals surface area contributed by atoms with Crippen LogP contribution in [0.2, 0.25) is 0 Å². The minimum Gasteiger partial charge on any atom is -0.487 e. The molecule has 0 fully saturated rings. The van der Waals surface area contributed by atoms with E-state index in [1.54, 1.807) is 18.2 Å². The van der Waals surface area contributed by atoms with E-state index >= 15 is 0 Å². The summed E-state index contributed by atoms with van der Waals surface area (Å²) in [5, 5.41) is 8.90. The lowest BCUT2D eigenvalue weighted by atomic mass is 10.1. The van der Waals surface area contributed by atoms with Gasteiger partial charge in [0.15, 0.2) is 0 Å². The number of nitriles is 1. The fourth-order valence-electron chi connectivity index (χ4n) is 1.55. The molecule has 0 spiro atoms. The van der Waals surface area contributed by atoms with Crippen molar-refractivity contribution in [1.82, 2.24) is 0 Å². The number of para-hydroxylation sites is 2. The number of rotatable bonds is 3. The lowest BCUT2D eigenvalue weighted by Gasteiger charge is -2.09. The summed E-state index contributed by atoms with van der Waals surface area (Å²) in [7, 11) is 0. The van der Waals surface area contributed by atoms with E-state index in [-0.39, 0.29) is 12.2 Å². The van der Waals surface area contributed by atoms with Crippen molar-refractivity contribution in [2.24, 2.45) is 0 Å². The summed E-state index contributed by atoms with van der Waals surface area (Å²) in [6.07, 6.45) is 0. The Hall–Kier alpha value is -2.54. The third-order valence-corrected chi connectivity index (χ3v) is 2.49. The normalized spacial score (nSPS) is 9.78. The predicted octanol–water partition coefficient (Wildman–Crippen LogP) is 2.86. The maximum atomic E-state index is 12.9. The summed E-state index contributed by atoms with van der Waals surface area (Å²) in [4.78, 5) is 0. The number of anilines is 1. The molecule has 0 unspecified atom stereocenters. The first-order valence-corrected chi connectivity index (χ1v) is 5.36. The van der Waals surface area contributed by atoms with Crippen LogP contribution in [0.4, 0.5) is 10.1 Å². The molecule has 0 heterocycles. The van der Waals surface area contributed by atoms with Gasteiger partial charge in [-0.15, -0.1) is 0 Å². The zero-order valence-corrected chi connectivity index (χ0v) is 9.56. The van der Waals surface area contributed by atoms with Gasteiger partial charge in [0.05, 0.1) is 17.3 Å². The highest BCUT2D eigenvalue weighted by atomic mass is 19.1. The molecule has 4 heteroatoms. The SMILES string of the molecule is N#Cc1cc(F)ccc1COc1ccccc1N. The summed E-state index contributed by atoms with van der Waals surface area (Å²) >= 11 is 0. The Morgan fingerprint density at radius 1 is 1.22 bits per heavy atom. The van der Waals surface area contributed by atoms with Crippen LogP contribution in [0, 0.1) is 17.1 Å². The monoisotopic (exact) mass is 242 g/mol. The van der Waals surface area contributed by atoms with Crippen molar-refractivity contribution in [3.63, 3.8) is 0 Å². The first-order valence-electron chi connectivity index (χ1n) is 5.36. The standard InChI is InChI=1S/C14H11FN2O/c15-12-6-5-10(11(7-12)8-16)9-18-14-4-2-1-3-13(14)17/h1-7H,9,17H2. The van der Waals surface area contributed by atoms with E-state index in [4.69, 9.17) is 15.7 Å². The maximum Gasteiger partial charge on any atom is 0.142 e. The van der Waals surface area contributed by atoms with Crippen molar-refractivity contribution in [2.45, 2.75) is 6.61 Å². The van der Waals surface area contributed by atoms with Gasteiger partial charge in [-0.25, -0.2) is 4.39 Å². The second kappa shape index (κ2) is 5.19. The van der Waals surface area contributed by atoms with Crippen molar-refractivity contribution < 1.29 is 9.13 Å². The largest absolute Gasteiger partial charge is 0.487 e. The van der Waals surface area contributed by atoms with E-state index in [0.717, 1.165) is 0 Å². The molecule has 2 rings (SSSR count). The van der Waals surface area contributed by atoms with E-state index in [0.29, 0.717) is 17.0 Å². The molecule has 0 atom stereocenters. The first-order chi connectivity index (χ1) is 8.70. The van der Waals surface area contributed by atoms with Crippen molar-refractivity contribution in [1.29, 1.82) is 5.26 Å². The average Bonchev–Trinajstić information content (AvgIpc) is 2.39. The average molecular weight is 242 g/mol. The fraction of sp³-hybridized carbons (Fsp3) is 0.0714. The molecular formula is C14H11FN2O. The van der Waals surface area contributed by atoms with Crippen LogP contribution >= 0.6 is 0 Å². The van der Waals surface area contributed by atoms with E-state index < -0.39 is 5.82 Å². The number of nitrogens with zero attached hydrogens (tertiary/aromatic N) is 1. The van der Waals surface area contributed by atoms with Gasteiger partial charge in [-0.1, -0.05) is 18.2 Å². The summed E-state index contributed by atoms with van der Waals surface area (Å²) < 4.78 is 18.5. The third-order valence-electron chi connectivity index (χ3n) is 2.49. The molecule has 0 aromatic heterocycles. The Labute approximate surface area is 104 Å². The van der Waals surface area contributed by atoms with E-state index in [2.05, 4.69) is 0 Å². The minimum absolute atomic E-state index is 0.178. The zero-order chi connectivity index (χ0) is 13.0. The molecule has 0 aliphatic rings. The topological polar surface area (TPSA) is 59.0 Å². The zero-order valence-electron chi connectivity index (χ0n) is 9.56. The van der Waals surface area contributed by atoms with Gasteiger partial charge in [0.25, 0.3) is 0 Å². The number of halogens is 1. The van der Waals surface area contributed by atoms with Crippen LogP contribution in [0.3, 0.4) is 0 Å². The van der Waals surface area contributed by atoms with Crippen molar-refractivity contribution in [3.05, 3.63) is 59.4 Å². The number of benzene rings is 2.